The number of benzene rings is 1. The molecule has 0 aliphatic heterocycles. The highest BCUT2D eigenvalue weighted by Gasteiger charge is 2.13. The van der Waals surface area contributed by atoms with Crippen molar-refractivity contribution < 1.29 is 9.15 Å². The van der Waals surface area contributed by atoms with Crippen LogP contribution in [0, 0.1) is 6.92 Å². The maximum absolute atomic E-state index is 5.74. The Balaban J connectivity index is 1.97. The number of furan rings is 1. The molecular weight excluding hydrogens is 250 g/mol. The van der Waals surface area contributed by atoms with Crippen molar-refractivity contribution >= 4 is 0 Å². The first-order chi connectivity index (χ1) is 9.72. The molecule has 0 fully saturated rings. The summed E-state index contributed by atoms with van der Waals surface area (Å²) in [6, 6.07) is 12.6. The fraction of sp³-hybridized carbons (Fsp3) is 0.412. The van der Waals surface area contributed by atoms with Gasteiger partial charge in [-0.1, -0.05) is 19.1 Å². The van der Waals surface area contributed by atoms with Gasteiger partial charge in [0.25, 0.3) is 0 Å². The van der Waals surface area contributed by atoms with E-state index in [1.807, 2.05) is 25.1 Å². The van der Waals surface area contributed by atoms with Crippen molar-refractivity contribution in [2.75, 3.05) is 13.7 Å². The first kappa shape index (κ1) is 14.7. The lowest BCUT2D eigenvalue weighted by Gasteiger charge is -2.15. The van der Waals surface area contributed by atoms with Crippen molar-refractivity contribution in [2.45, 2.75) is 32.7 Å². The predicted octanol–water partition coefficient (Wildman–Crippen LogP) is 3.88. The summed E-state index contributed by atoms with van der Waals surface area (Å²) in [5.41, 5.74) is 1.32. The van der Waals surface area contributed by atoms with Crippen molar-refractivity contribution in [2.24, 2.45) is 0 Å². The molecule has 1 unspecified atom stereocenters. The molecule has 0 spiro atoms. The summed E-state index contributed by atoms with van der Waals surface area (Å²) in [6.45, 7) is 5.04. The first-order valence-electron chi connectivity index (χ1n) is 7.15. The number of ether oxygens (including phenoxy) is 1. The van der Waals surface area contributed by atoms with E-state index in [1.165, 1.54) is 5.56 Å². The van der Waals surface area contributed by atoms with Gasteiger partial charge in [0, 0.05) is 0 Å². The Bertz CT molecular complexity index is 516. The van der Waals surface area contributed by atoms with Crippen molar-refractivity contribution in [3.05, 3.63) is 53.5 Å². The summed E-state index contributed by atoms with van der Waals surface area (Å²) in [5, 5.41) is 3.49. The Morgan fingerprint density at radius 3 is 2.45 bits per heavy atom. The minimum Gasteiger partial charge on any atom is -0.497 e. The number of rotatable bonds is 7. The maximum Gasteiger partial charge on any atom is 0.121 e. The van der Waals surface area contributed by atoms with Crippen LogP contribution in [0.15, 0.2) is 40.8 Å². The van der Waals surface area contributed by atoms with Gasteiger partial charge in [-0.2, -0.15) is 0 Å². The van der Waals surface area contributed by atoms with E-state index < -0.39 is 0 Å². The van der Waals surface area contributed by atoms with Crippen LogP contribution in [0.4, 0.5) is 0 Å². The monoisotopic (exact) mass is 273 g/mol. The van der Waals surface area contributed by atoms with E-state index in [1.54, 1.807) is 7.11 Å². The van der Waals surface area contributed by atoms with E-state index >= 15 is 0 Å². The average Bonchev–Trinajstić information content (AvgIpc) is 2.90. The Morgan fingerprint density at radius 2 is 1.90 bits per heavy atom. The van der Waals surface area contributed by atoms with Crippen molar-refractivity contribution in [3.63, 3.8) is 0 Å². The number of hydrogen-bond acceptors (Lipinski definition) is 3. The molecule has 2 aromatic rings. The van der Waals surface area contributed by atoms with Gasteiger partial charge < -0.3 is 14.5 Å². The lowest BCUT2D eigenvalue weighted by molar-refractivity contribution is 0.390. The summed E-state index contributed by atoms with van der Waals surface area (Å²) in [7, 11) is 1.69. The van der Waals surface area contributed by atoms with Gasteiger partial charge in [-0.15, -0.1) is 0 Å². The Kier molecular flexibility index (Phi) is 5.24. The fourth-order valence-electron chi connectivity index (χ4n) is 2.34. The summed E-state index contributed by atoms with van der Waals surface area (Å²) in [4.78, 5) is 0. The van der Waals surface area contributed by atoms with Crippen LogP contribution in [-0.2, 0) is 6.42 Å². The van der Waals surface area contributed by atoms with Crippen LogP contribution in [0.25, 0.3) is 0 Å². The lowest BCUT2D eigenvalue weighted by atomic mass is 10.0. The third-order valence-electron chi connectivity index (χ3n) is 3.44. The third-order valence-corrected chi connectivity index (χ3v) is 3.44. The molecular formula is C17H23NO2. The molecule has 0 saturated carbocycles. The van der Waals surface area contributed by atoms with Gasteiger partial charge >= 0.3 is 0 Å². The van der Waals surface area contributed by atoms with Crippen molar-refractivity contribution in [3.8, 4) is 5.75 Å². The van der Waals surface area contributed by atoms with Crippen LogP contribution in [-0.4, -0.2) is 13.7 Å². The zero-order chi connectivity index (χ0) is 14.4. The molecule has 0 bridgehead atoms. The van der Waals surface area contributed by atoms with Gasteiger partial charge in [0.2, 0.25) is 0 Å². The van der Waals surface area contributed by atoms with Crippen LogP contribution in [0.5, 0.6) is 5.75 Å². The number of nitrogens with one attached hydrogen (secondary N) is 1. The van der Waals surface area contributed by atoms with E-state index in [-0.39, 0.29) is 6.04 Å². The fourth-order valence-corrected chi connectivity index (χ4v) is 2.34. The van der Waals surface area contributed by atoms with E-state index in [0.29, 0.717) is 0 Å². The van der Waals surface area contributed by atoms with E-state index in [4.69, 9.17) is 9.15 Å². The zero-order valence-electron chi connectivity index (χ0n) is 12.5. The van der Waals surface area contributed by atoms with Crippen LogP contribution in [0.2, 0.25) is 0 Å². The smallest absolute Gasteiger partial charge is 0.121 e. The Morgan fingerprint density at radius 1 is 1.15 bits per heavy atom. The average molecular weight is 273 g/mol. The topological polar surface area (TPSA) is 34.4 Å². The molecule has 3 heteroatoms. The Hall–Kier alpha value is -1.74. The largest absolute Gasteiger partial charge is 0.497 e. The normalized spacial score (nSPS) is 12.3. The van der Waals surface area contributed by atoms with Gasteiger partial charge in [-0.05, 0) is 56.1 Å². The second-order valence-corrected chi connectivity index (χ2v) is 4.95. The second kappa shape index (κ2) is 7.15. The van der Waals surface area contributed by atoms with Gasteiger partial charge in [0.1, 0.15) is 17.3 Å². The van der Waals surface area contributed by atoms with Gasteiger partial charge in [-0.3, -0.25) is 0 Å². The molecule has 108 valence electrons. The van der Waals surface area contributed by atoms with E-state index in [2.05, 4.69) is 30.4 Å². The molecule has 2 rings (SSSR count). The molecule has 0 aliphatic rings. The molecule has 0 saturated heterocycles. The molecule has 0 aliphatic carbocycles. The molecule has 1 aromatic carbocycles. The summed E-state index contributed by atoms with van der Waals surface area (Å²) in [6.07, 6.45) is 2.04. The highest BCUT2D eigenvalue weighted by molar-refractivity contribution is 5.27. The molecule has 3 nitrogen and oxygen atoms in total. The van der Waals surface area contributed by atoms with E-state index in [0.717, 1.165) is 36.7 Å². The van der Waals surface area contributed by atoms with Crippen molar-refractivity contribution in [1.29, 1.82) is 0 Å². The lowest BCUT2D eigenvalue weighted by Crippen LogP contribution is -2.21. The molecule has 0 radical (unpaired) electrons. The molecule has 0 amide bonds. The van der Waals surface area contributed by atoms with Crippen molar-refractivity contribution in [1.82, 2.24) is 5.32 Å². The highest BCUT2D eigenvalue weighted by atomic mass is 16.5. The number of methoxy groups -OCH3 is 1. The van der Waals surface area contributed by atoms with Crippen LogP contribution < -0.4 is 10.1 Å². The quantitative estimate of drug-likeness (QED) is 0.831. The molecule has 1 N–H and O–H groups in total. The number of hydrogen-bond donors (Lipinski definition) is 1. The van der Waals surface area contributed by atoms with Gasteiger partial charge in [-0.25, -0.2) is 0 Å². The maximum atomic E-state index is 5.74. The minimum absolute atomic E-state index is 0.274. The van der Waals surface area contributed by atoms with Gasteiger partial charge in [0.15, 0.2) is 0 Å². The van der Waals surface area contributed by atoms with Crippen LogP contribution in [0.1, 0.15) is 36.5 Å². The summed E-state index contributed by atoms with van der Waals surface area (Å²) >= 11 is 0. The zero-order valence-corrected chi connectivity index (χ0v) is 12.5. The Labute approximate surface area is 121 Å². The SMILES string of the molecule is CCNC(CCc1ccc(OC)cc1)c1ccc(C)o1. The summed E-state index contributed by atoms with van der Waals surface area (Å²) in [5.74, 6) is 2.89. The predicted molar refractivity (Wildman–Crippen MR) is 81.2 cm³/mol. The third kappa shape index (κ3) is 3.87. The number of aryl methyl sites for hydroxylation is 2. The highest BCUT2D eigenvalue weighted by Crippen LogP contribution is 2.22. The molecule has 20 heavy (non-hydrogen) atoms. The van der Waals surface area contributed by atoms with Gasteiger partial charge in [0.05, 0.1) is 13.2 Å². The molecule has 1 atom stereocenters. The first-order valence-corrected chi connectivity index (χ1v) is 7.15. The second-order valence-electron chi connectivity index (χ2n) is 4.95. The molecule has 1 heterocycles. The van der Waals surface area contributed by atoms with E-state index in [9.17, 15) is 0 Å². The van der Waals surface area contributed by atoms with Crippen LogP contribution >= 0.6 is 0 Å². The molecule has 1 aromatic heterocycles. The minimum atomic E-state index is 0.274. The summed E-state index contributed by atoms with van der Waals surface area (Å²) < 4.78 is 10.9. The standard InChI is InChI=1S/C17H23NO2/c1-4-18-16(17-12-5-13(2)20-17)11-8-14-6-9-15(19-3)10-7-14/h5-7,9-10,12,16,18H,4,8,11H2,1-3H3. The van der Waals surface area contributed by atoms with Crippen LogP contribution in [0.3, 0.4) is 0 Å².